The van der Waals surface area contributed by atoms with Crippen molar-refractivity contribution in [3.8, 4) is 5.75 Å². The number of phenolic OH excluding ortho intramolecular Hbond substituents is 1. The zero-order valence-electron chi connectivity index (χ0n) is 7.86. The summed E-state index contributed by atoms with van der Waals surface area (Å²) >= 11 is 11.7. The summed E-state index contributed by atoms with van der Waals surface area (Å²) in [6, 6.07) is 3.18. The third-order valence-electron chi connectivity index (χ3n) is 1.84. The molecule has 0 saturated heterocycles. The average Bonchev–Trinajstić information content (AvgIpc) is 1.94. The minimum Gasteiger partial charge on any atom is -0.506 e. The second-order valence-corrected chi connectivity index (χ2v) is 4.85. The van der Waals surface area contributed by atoms with E-state index in [4.69, 9.17) is 23.2 Å². The average molecular weight is 219 g/mol. The van der Waals surface area contributed by atoms with E-state index in [1.165, 1.54) is 0 Å². The first-order valence-electron chi connectivity index (χ1n) is 4.01. The van der Waals surface area contributed by atoms with Gasteiger partial charge in [-0.15, -0.1) is 0 Å². The summed E-state index contributed by atoms with van der Waals surface area (Å²) in [6.07, 6.45) is 0. The van der Waals surface area contributed by atoms with Crippen LogP contribution in [0.4, 0.5) is 0 Å². The summed E-state index contributed by atoms with van der Waals surface area (Å²) in [5.41, 5.74) is 0.815. The van der Waals surface area contributed by atoms with E-state index in [2.05, 4.69) is 0 Å². The maximum Gasteiger partial charge on any atom is 0.134 e. The largest absolute Gasteiger partial charge is 0.506 e. The molecule has 0 fully saturated rings. The van der Waals surface area contributed by atoms with Crippen LogP contribution in [0, 0.1) is 0 Å². The summed E-state index contributed by atoms with van der Waals surface area (Å²) in [4.78, 5) is 0. The predicted octanol–water partition coefficient (Wildman–Crippen LogP) is 4.00. The standard InChI is InChI=1S/C10H12Cl2O/c1-10(2,3)6-4-9(13)8(12)5-7(6)11/h4-5,13H,1-3H3. The Morgan fingerprint density at radius 1 is 1.08 bits per heavy atom. The molecule has 1 N–H and O–H groups in total. The lowest BCUT2D eigenvalue weighted by Gasteiger charge is -2.20. The molecule has 0 aliphatic carbocycles. The molecule has 0 aliphatic rings. The summed E-state index contributed by atoms with van der Waals surface area (Å²) in [5, 5.41) is 10.3. The molecule has 13 heavy (non-hydrogen) atoms. The SMILES string of the molecule is CC(C)(C)c1cc(O)c(Cl)cc1Cl. The minimum absolute atomic E-state index is 0.0796. The molecule has 1 nitrogen and oxygen atoms in total. The predicted molar refractivity (Wildman–Crippen MR) is 56.8 cm³/mol. The Morgan fingerprint density at radius 3 is 2.08 bits per heavy atom. The Balaban J connectivity index is 3.32. The van der Waals surface area contributed by atoms with Gasteiger partial charge in [0.2, 0.25) is 0 Å². The lowest BCUT2D eigenvalue weighted by Crippen LogP contribution is -2.11. The van der Waals surface area contributed by atoms with Gasteiger partial charge in [-0.25, -0.2) is 0 Å². The van der Waals surface area contributed by atoms with Crippen LogP contribution in [0.2, 0.25) is 10.0 Å². The molecule has 0 saturated carbocycles. The topological polar surface area (TPSA) is 20.2 Å². The highest BCUT2D eigenvalue weighted by Gasteiger charge is 2.18. The molecular formula is C10H12Cl2O. The second kappa shape index (κ2) is 3.39. The molecule has 0 aliphatic heterocycles. The molecule has 0 unspecified atom stereocenters. The fourth-order valence-corrected chi connectivity index (χ4v) is 1.78. The van der Waals surface area contributed by atoms with Crippen molar-refractivity contribution in [2.75, 3.05) is 0 Å². The van der Waals surface area contributed by atoms with Crippen molar-refractivity contribution < 1.29 is 5.11 Å². The fraction of sp³-hybridized carbons (Fsp3) is 0.400. The number of hydrogen-bond acceptors (Lipinski definition) is 1. The molecule has 0 spiro atoms. The van der Waals surface area contributed by atoms with Crippen LogP contribution in [-0.4, -0.2) is 5.11 Å². The summed E-state index contributed by atoms with van der Waals surface area (Å²) in [5.74, 6) is 0.0796. The van der Waals surface area contributed by atoms with E-state index < -0.39 is 0 Å². The van der Waals surface area contributed by atoms with Crippen molar-refractivity contribution in [1.29, 1.82) is 0 Å². The molecule has 0 bridgehead atoms. The number of rotatable bonds is 0. The van der Waals surface area contributed by atoms with Gasteiger partial charge in [-0.2, -0.15) is 0 Å². The van der Waals surface area contributed by atoms with E-state index in [-0.39, 0.29) is 16.2 Å². The Bertz CT molecular complexity index is 326. The first-order valence-corrected chi connectivity index (χ1v) is 4.76. The number of hydrogen-bond donors (Lipinski definition) is 1. The van der Waals surface area contributed by atoms with Crippen molar-refractivity contribution in [2.24, 2.45) is 0 Å². The van der Waals surface area contributed by atoms with Gasteiger partial charge in [-0.3, -0.25) is 0 Å². The van der Waals surface area contributed by atoms with Crippen molar-refractivity contribution in [3.05, 3.63) is 27.7 Å². The zero-order valence-corrected chi connectivity index (χ0v) is 9.37. The highest BCUT2D eigenvalue weighted by molar-refractivity contribution is 6.36. The van der Waals surface area contributed by atoms with Crippen LogP contribution in [0.25, 0.3) is 0 Å². The molecule has 0 radical (unpaired) electrons. The number of phenols is 1. The molecule has 1 aromatic rings. The second-order valence-electron chi connectivity index (χ2n) is 4.03. The highest BCUT2D eigenvalue weighted by atomic mass is 35.5. The minimum atomic E-state index is -0.0842. The summed E-state index contributed by atoms with van der Waals surface area (Å²) in [7, 11) is 0. The van der Waals surface area contributed by atoms with Crippen molar-refractivity contribution >= 4 is 23.2 Å². The van der Waals surface area contributed by atoms with Gasteiger partial charge >= 0.3 is 0 Å². The maximum absolute atomic E-state index is 9.40. The Labute approximate surface area is 88.3 Å². The van der Waals surface area contributed by atoms with Gasteiger partial charge in [-0.05, 0) is 23.1 Å². The quantitative estimate of drug-likeness (QED) is 0.699. The van der Waals surface area contributed by atoms with Crippen LogP contribution in [0.3, 0.4) is 0 Å². The molecule has 72 valence electrons. The van der Waals surface area contributed by atoms with E-state index in [1.54, 1.807) is 12.1 Å². The van der Waals surface area contributed by atoms with Crippen molar-refractivity contribution in [3.63, 3.8) is 0 Å². The van der Waals surface area contributed by atoms with Gasteiger partial charge in [0.1, 0.15) is 5.75 Å². The molecule has 0 heterocycles. The van der Waals surface area contributed by atoms with Gasteiger partial charge in [0.25, 0.3) is 0 Å². The first-order chi connectivity index (χ1) is 5.82. The maximum atomic E-state index is 9.40. The van der Waals surface area contributed by atoms with Crippen LogP contribution in [0.15, 0.2) is 12.1 Å². The van der Waals surface area contributed by atoms with Gasteiger partial charge < -0.3 is 5.11 Å². The van der Waals surface area contributed by atoms with Gasteiger partial charge in [0.15, 0.2) is 0 Å². The van der Waals surface area contributed by atoms with Gasteiger partial charge in [0.05, 0.1) is 5.02 Å². The van der Waals surface area contributed by atoms with Crippen LogP contribution >= 0.6 is 23.2 Å². The van der Waals surface area contributed by atoms with Gasteiger partial charge in [-0.1, -0.05) is 44.0 Å². The van der Waals surface area contributed by atoms with Crippen molar-refractivity contribution in [1.82, 2.24) is 0 Å². The zero-order chi connectivity index (χ0) is 10.2. The Hall–Kier alpha value is -0.400. The third-order valence-corrected chi connectivity index (χ3v) is 2.46. The molecule has 0 aromatic heterocycles. The molecule has 0 amide bonds. The lowest BCUT2D eigenvalue weighted by atomic mass is 9.87. The highest BCUT2D eigenvalue weighted by Crippen LogP contribution is 2.36. The third kappa shape index (κ3) is 2.29. The fourth-order valence-electron chi connectivity index (χ4n) is 1.11. The summed E-state index contributed by atoms with van der Waals surface area (Å²) in [6.45, 7) is 6.09. The van der Waals surface area contributed by atoms with E-state index >= 15 is 0 Å². The van der Waals surface area contributed by atoms with Crippen LogP contribution in [-0.2, 0) is 5.41 Å². The molecular weight excluding hydrogens is 207 g/mol. The normalized spacial score (nSPS) is 11.8. The number of aromatic hydroxyl groups is 1. The smallest absolute Gasteiger partial charge is 0.134 e. The Morgan fingerprint density at radius 2 is 1.62 bits per heavy atom. The molecule has 1 rings (SSSR count). The van der Waals surface area contributed by atoms with Crippen LogP contribution in [0.1, 0.15) is 26.3 Å². The Kier molecular flexibility index (Phi) is 2.79. The molecule has 3 heteroatoms. The van der Waals surface area contributed by atoms with Crippen molar-refractivity contribution in [2.45, 2.75) is 26.2 Å². The van der Waals surface area contributed by atoms with E-state index in [9.17, 15) is 5.11 Å². The molecule has 1 aromatic carbocycles. The van der Waals surface area contributed by atoms with Gasteiger partial charge in [0, 0.05) is 5.02 Å². The number of halogens is 2. The number of benzene rings is 1. The van der Waals surface area contributed by atoms with E-state index in [1.807, 2.05) is 20.8 Å². The molecule has 0 atom stereocenters. The summed E-state index contributed by atoms with van der Waals surface area (Å²) < 4.78 is 0. The lowest BCUT2D eigenvalue weighted by molar-refractivity contribution is 0.471. The van der Waals surface area contributed by atoms with Crippen LogP contribution in [0.5, 0.6) is 5.75 Å². The van der Waals surface area contributed by atoms with E-state index in [0.29, 0.717) is 5.02 Å². The first kappa shape index (κ1) is 10.7. The monoisotopic (exact) mass is 218 g/mol. The van der Waals surface area contributed by atoms with Crippen LogP contribution < -0.4 is 0 Å². The van der Waals surface area contributed by atoms with E-state index in [0.717, 1.165) is 5.56 Å².